The van der Waals surface area contributed by atoms with E-state index in [-0.39, 0.29) is 17.7 Å². The molecule has 112 valence electrons. The van der Waals surface area contributed by atoms with Gasteiger partial charge < -0.3 is 14.6 Å². The van der Waals surface area contributed by atoms with Crippen LogP contribution in [0, 0.1) is 11.3 Å². The molecule has 21 heavy (non-hydrogen) atoms. The number of pyridine rings is 1. The summed E-state index contributed by atoms with van der Waals surface area (Å²) in [4.78, 5) is 27.9. The Labute approximate surface area is 123 Å². The highest BCUT2D eigenvalue weighted by atomic mass is 16.6. The van der Waals surface area contributed by atoms with Crippen LogP contribution in [-0.4, -0.2) is 28.1 Å². The van der Waals surface area contributed by atoms with Crippen molar-refractivity contribution in [2.45, 2.75) is 45.3 Å². The first-order valence-electron chi connectivity index (χ1n) is 6.94. The smallest absolute Gasteiger partial charge is 0.410 e. The van der Waals surface area contributed by atoms with E-state index in [0.29, 0.717) is 6.54 Å². The Morgan fingerprint density at radius 3 is 2.86 bits per heavy atom. The van der Waals surface area contributed by atoms with Gasteiger partial charge in [0.25, 0.3) is 5.56 Å². The number of rotatable bonds is 1. The molecular formula is C15H19N3O3. The number of aromatic nitrogens is 1. The van der Waals surface area contributed by atoms with Crippen molar-refractivity contribution in [2.24, 2.45) is 0 Å². The van der Waals surface area contributed by atoms with Crippen LogP contribution < -0.4 is 5.56 Å². The van der Waals surface area contributed by atoms with Crippen molar-refractivity contribution < 1.29 is 9.53 Å². The summed E-state index contributed by atoms with van der Waals surface area (Å²) < 4.78 is 5.40. The molecule has 1 saturated heterocycles. The average molecular weight is 289 g/mol. The first-order valence-corrected chi connectivity index (χ1v) is 6.94. The lowest BCUT2D eigenvalue weighted by Gasteiger charge is -2.28. The van der Waals surface area contributed by atoms with Crippen LogP contribution in [-0.2, 0) is 4.74 Å². The summed E-state index contributed by atoms with van der Waals surface area (Å²) in [5.41, 5.74) is -0.145. The van der Waals surface area contributed by atoms with Gasteiger partial charge in [0.15, 0.2) is 0 Å². The standard InChI is InChI=1S/C15H19N3O3/c1-15(2,3)21-14(20)18-6-4-5-12(18)11-7-10(8-16)13(19)17-9-11/h7,9,12H,4-6H2,1-3H3,(H,17,19). The van der Waals surface area contributed by atoms with E-state index in [1.54, 1.807) is 17.2 Å². The Bertz CT molecular complexity index is 637. The second-order valence-electron chi connectivity index (χ2n) is 6.12. The molecule has 6 heteroatoms. The van der Waals surface area contributed by atoms with Gasteiger partial charge >= 0.3 is 6.09 Å². The Kier molecular flexibility index (Phi) is 4.03. The molecule has 1 amide bonds. The van der Waals surface area contributed by atoms with Gasteiger partial charge in [-0.1, -0.05) is 0 Å². The second-order valence-corrected chi connectivity index (χ2v) is 6.12. The van der Waals surface area contributed by atoms with Gasteiger partial charge in [0.05, 0.1) is 6.04 Å². The summed E-state index contributed by atoms with van der Waals surface area (Å²) in [5.74, 6) is 0. The molecule has 0 bridgehead atoms. The fourth-order valence-corrected chi connectivity index (χ4v) is 2.43. The maximum absolute atomic E-state index is 12.2. The van der Waals surface area contributed by atoms with Gasteiger partial charge in [-0.05, 0) is 45.2 Å². The summed E-state index contributed by atoms with van der Waals surface area (Å²) in [6.07, 6.45) is 2.85. The minimum absolute atomic E-state index is 0.0588. The number of carbonyl (C=O) groups excluding carboxylic acids is 1. The summed E-state index contributed by atoms with van der Waals surface area (Å²) in [6, 6.07) is 3.25. The normalized spacial score (nSPS) is 18.4. The summed E-state index contributed by atoms with van der Waals surface area (Å²) in [6.45, 7) is 6.08. The SMILES string of the molecule is CC(C)(C)OC(=O)N1CCCC1c1c[nH]c(=O)c(C#N)c1. The molecule has 1 fully saturated rings. The molecule has 1 aromatic rings. The number of nitrogens with zero attached hydrogens (tertiary/aromatic N) is 2. The van der Waals surface area contributed by atoms with E-state index in [0.717, 1.165) is 18.4 Å². The summed E-state index contributed by atoms with van der Waals surface area (Å²) in [5, 5.41) is 8.94. The van der Waals surface area contributed by atoms with E-state index in [1.807, 2.05) is 26.8 Å². The van der Waals surface area contributed by atoms with Crippen LogP contribution >= 0.6 is 0 Å². The third-order valence-corrected chi connectivity index (χ3v) is 3.31. The van der Waals surface area contributed by atoms with Crippen LogP contribution in [0.5, 0.6) is 0 Å². The number of aromatic amines is 1. The van der Waals surface area contributed by atoms with Crippen molar-refractivity contribution >= 4 is 6.09 Å². The zero-order valence-corrected chi connectivity index (χ0v) is 12.5. The first kappa shape index (κ1) is 15.1. The molecule has 0 spiro atoms. The minimum Gasteiger partial charge on any atom is -0.444 e. The molecule has 1 aromatic heterocycles. The fraction of sp³-hybridized carbons (Fsp3) is 0.533. The van der Waals surface area contributed by atoms with Gasteiger partial charge in [-0.3, -0.25) is 4.79 Å². The Balaban J connectivity index is 2.25. The molecule has 1 unspecified atom stereocenters. The number of ether oxygens (including phenoxy) is 1. The minimum atomic E-state index is -0.549. The summed E-state index contributed by atoms with van der Waals surface area (Å²) in [7, 11) is 0. The molecule has 0 radical (unpaired) electrons. The molecule has 1 aliphatic heterocycles. The average Bonchev–Trinajstić information content (AvgIpc) is 2.86. The van der Waals surface area contributed by atoms with E-state index >= 15 is 0 Å². The molecule has 0 aliphatic carbocycles. The number of carbonyl (C=O) groups is 1. The van der Waals surface area contributed by atoms with Crippen LogP contribution in [0.1, 0.15) is 50.8 Å². The third-order valence-electron chi connectivity index (χ3n) is 3.31. The largest absolute Gasteiger partial charge is 0.444 e. The van der Waals surface area contributed by atoms with Crippen molar-refractivity contribution in [3.8, 4) is 6.07 Å². The predicted octanol–water partition coefficient (Wildman–Crippen LogP) is 2.32. The number of amides is 1. The topological polar surface area (TPSA) is 86.2 Å². The molecule has 0 aromatic carbocycles. The Morgan fingerprint density at radius 2 is 2.24 bits per heavy atom. The van der Waals surface area contributed by atoms with Crippen molar-refractivity contribution in [3.05, 3.63) is 33.7 Å². The highest BCUT2D eigenvalue weighted by molar-refractivity contribution is 5.69. The lowest BCUT2D eigenvalue weighted by molar-refractivity contribution is 0.0224. The van der Waals surface area contributed by atoms with Crippen LogP contribution in [0.2, 0.25) is 0 Å². The van der Waals surface area contributed by atoms with Gasteiger partial charge in [-0.25, -0.2) is 4.79 Å². The lowest BCUT2D eigenvalue weighted by atomic mass is 10.1. The van der Waals surface area contributed by atoms with Crippen molar-refractivity contribution in [3.63, 3.8) is 0 Å². The van der Waals surface area contributed by atoms with E-state index in [2.05, 4.69) is 4.98 Å². The predicted molar refractivity (Wildman–Crippen MR) is 76.7 cm³/mol. The highest BCUT2D eigenvalue weighted by Crippen LogP contribution is 2.32. The molecule has 1 atom stereocenters. The first-order chi connectivity index (χ1) is 9.81. The monoisotopic (exact) mass is 289 g/mol. The van der Waals surface area contributed by atoms with Gasteiger partial charge in [0, 0.05) is 12.7 Å². The van der Waals surface area contributed by atoms with Gasteiger partial charge in [0.1, 0.15) is 17.2 Å². The highest BCUT2D eigenvalue weighted by Gasteiger charge is 2.33. The maximum Gasteiger partial charge on any atom is 0.410 e. The van der Waals surface area contributed by atoms with Gasteiger partial charge in [-0.2, -0.15) is 5.26 Å². The van der Waals surface area contributed by atoms with Gasteiger partial charge in [0.2, 0.25) is 0 Å². The van der Waals surface area contributed by atoms with E-state index in [9.17, 15) is 9.59 Å². The zero-order valence-electron chi connectivity index (χ0n) is 12.5. The number of nitrogens with one attached hydrogen (secondary N) is 1. The maximum atomic E-state index is 12.2. The van der Waals surface area contributed by atoms with E-state index < -0.39 is 11.2 Å². The van der Waals surface area contributed by atoms with E-state index in [4.69, 9.17) is 10.00 Å². The van der Waals surface area contributed by atoms with Crippen molar-refractivity contribution in [1.82, 2.24) is 9.88 Å². The van der Waals surface area contributed by atoms with Crippen LogP contribution in [0.15, 0.2) is 17.1 Å². The van der Waals surface area contributed by atoms with Crippen LogP contribution in [0.3, 0.4) is 0 Å². The Morgan fingerprint density at radius 1 is 1.52 bits per heavy atom. The van der Waals surface area contributed by atoms with Crippen LogP contribution in [0.4, 0.5) is 4.79 Å². The van der Waals surface area contributed by atoms with Crippen molar-refractivity contribution in [2.75, 3.05) is 6.54 Å². The molecular weight excluding hydrogens is 270 g/mol. The molecule has 2 heterocycles. The number of nitriles is 1. The molecule has 1 N–H and O–H groups in total. The van der Waals surface area contributed by atoms with Gasteiger partial charge in [-0.15, -0.1) is 0 Å². The lowest BCUT2D eigenvalue weighted by Crippen LogP contribution is -2.36. The molecule has 0 saturated carbocycles. The fourth-order valence-electron chi connectivity index (χ4n) is 2.43. The van der Waals surface area contributed by atoms with Crippen LogP contribution in [0.25, 0.3) is 0 Å². The molecule has 1 aliphatic rings. The number of likely N-dealkylation sites (tertiary alicyclic amines) is 1. The molecule has 6 nitrogen and oxygen atoms in total. The third kappa shape index (κ3) is 3.43. The molecule has 2 rings (SSSR count). The summed E-state index contributed by atoms with van der Waals surface area (Å²) >= 11 is 0. The van der Waals surface area contributed by atoms with E-state index in [1.165, 1.54) is 0 Å². The zero-order chi connectivity index (χ0) is 15.6. The second kappa shape index (κ2) is 5.60. The Hall–Kier alpha value is -2.29. The number of hydrogen-bond donors (Lipinski definition) is 1. The van der Waals surface area contributed by atoms with Crippen molar-refractivity contribution in [1.29, 1.82) is 5.26 Å². The number of hydrogen-bond acceptors (Lipinski definition) is 4. The quantitative estimate of drug-likeness (QED) is 0.859. The number of H-pyrrole nitrogens is 1.